The third kappa shape index (κ3) is 13.7. The quantitative estimate of drug-likeness (QED) is 0.488. The Morgan fingerprint density at radius 1 is 0.905 bits per heavy atom. The van der Waals surface area contributed by atoms with E-state index in [1.807, 2.05) is 20.8 Å². The molecular weight excluding hydrogens is 274 g/mol. The molecule has 0 aromatic carbocycles. The summed E-state index contributed by atoms with van der Waals surface area (Å²) in [5, 5.41) is 2.77. The van der Waals surface area contributed by atoms with Crippen LogP contribution in [0.3, 0.4) is 0 Å². The SMILES string of the molecule is CCC(=O)CCOCCOCCOCCNC(=O)C(C)C. The number of ketones is 1. The van der Waals surface area contributed by atoms with Crippen molar-refractivity contribution < 1.29 is 23.8 Å². The normalized spacial score (nSPS) is 10.9. The molecule has 0 heterocycles. The number of amides is 1. The van der Waals surface area contributed by atoms with Crippen LogP contribution in [-0.4, -0.2) is 57.9 Å². The first-order valence-corrected chi connectivity index (χ1v) is 7.60. The highest BCUT2D eigenvalue weighted by molar-refractivity contribution is 5.78. The van der Waals surface area contributed by atoms with E-state index in [4.69, 9.17) is 14.2 Å². The molecule has 1 N–H and O–H groups in total. The van der Waals surface area contributed by atoms with Crippen molar-refractivity contribution in [1.29, 1.82) is 0 Å². The van der Waals surface area contributed by atoms with Gasteiger partial charge in [0.2, 0.25) is 5.91 Å². The summed E-state index contributed by atoms with van der Waals surface area (Å²) in [4.78, 5) is 22.2. The molecule has 0 aliphatic carbocycles. The fraction of sp³-hybridized carbons (Fsp3) is 0.867. The molecule has 0 aliphatic heterocycles. The maximum atomic E-state index is 11.2. The Bertz CT molecular complexity index is 281. The van der Waals surface area contributed by atoms with Crippen LogP contribution in [-0.2, 0) is 23.8 Å². The molecule has 0 radical (unpaired) electrons. The molecule has 0 saturated carbocycles. The molecule has 0 saturated heterocycles. The third-order valence-corrected chi connectivity index (χ3v) is 2.73. The minimum atomic E-state index is 0.000883. The van der Waals surface area contributed by atoms with Crippen molar-refractivity contribution in [3.63, 3.8) is 0 Å². The molecule has 124 valence electrons. The summed E-state index contributed by atoms with van der Waals surface area (Å²) < 4.78 is 15.9. The summed E-state index contributed by atoms with van der Waals surface area (Å²) in [6.07, 6.45) is 1.04. The topological polar surface area (TPSA) is 73.9 Å². The highest BCUT2D eigenvalue weighted by Crippen LogP contribution is 1.91. The minimum absolute atomic E-state index is 0.000883. The zero-order valence-corrected chi connectivity index (χ0v) is 13.5. The third-order valence-electron chi connectivity index (χ3n) is 2.73. The molecule has 21 heavy (non-hydrogen) atoms. The van der Waals surface area contributed by atoms with Crippen molar-refractivity contribution in [2.24, 2.45) is 5.92 Å². The van der Waals surface area contributed by atoms with Gasteiger partial charge in [-0.1, -0.05) is 20.8 Å². The van der Waals surface area contributed by atoms with Crippen LogP contribution in [0.2, 0.25) is 0 Å². The molecule has 0 aromatic rings. The van der Waals surface area contributed by atoms with Gasteiger partial charge in [-0.15, -0.1) is 0 Å². The molecular formula is C15H29NO5. The Morgan fingerprint density at radius 3 is 1.95 bits per heavy atom. The number of hydrogen-bond acceptors (Lipinski definition) is 5. The number of Topliss-reactive ketones (excluding diaryl/α,β-unsaturated/α-hetero) is 1. The number of carbonyl (C=O) groups is 2. The van der Waals surface area contributed by atoms with Gasteiger partial charge in [0.1, 0.15) is 5.78 Å². The Labute approximate surface area is 127 Å². The molecule has 0 atom stereocenters. The van der Waals surface area contributed by atoms with Gasteiger partial charge < -0.3 is 19.5 Å². The molecule has 0 rings (SSSR count). The molecule has 6 heteroatoms. The van der Waals surface area contributed by atoms with Crippen LogP contribution in [0.4, 0.5) is 0 Å². The van der Waals surface area contributed by atoms with Crippen molar-refractivity contribution in [2.45, 2.75) is 33.6 Å². The zero-order chi connectivity index (χ0) is 15.9. The van der Waals surface area contributed by atoms with E-state index in [0.717, 1.165) is 0 Å². The second kappa shape index (κ2) is 14.0. The van der Waals surface area contributed by atoms with Crippen molar-refractivity contribution in [1.82, 2.24) is 5.32 Å². The van der Waals surface area contributed by atoms with E-state index in [1.54, 1.807) is 0 Å². The summed E-state index contributed by atoms with van der Waals surface area (Å²) in [5.74, 6) is 0.253. The van der Waals surface area contributed by atoms with E-state index in [2.05, 4.69) is 5.32 Å². The predicted molar refractivity (Wildman–Crippen MR) is 80.2 cm³/mol. The molecule has 0 aromatic heterocycles. The first kappa shape index (κ1) is 20.0. The maximum Gasteiger partial charge on any atom is 0.222 e. The van der Waals surface area contributed by atoms with Crippen LogP contribution in [0.1, 0.15) is 33.6 Å². The summed E-state index contributed by atoms with van der Waals surface area (Å²) in [6, 6.07) is 0. The largest absolute Gasteiger partial charge is 0.379 e. The summed E-state index contributed by atoms with van der Waals surface area (Å²) in [6.45, 7) is 8.98. The fourth-order valence-corrected chi connectivity index (χ4v) is 1.36. The summed E-state index contributed by atoms with van der Waals surface area (Å²) >= 11 is 0. The predicted octanol–water partition coefficient (Wildman–Crippen LogP) is 1.18. The minimum Gasteiger partial charge on any atom is -0.379 e. The van der Waals surface area contributed by atoms with Gasteiger partial charge >= 0.3 is 0 Å². The van der Waals surface area contributed by atoms with E-state index in [-0.39, 0.29) is 17.6 Å². The molecule has 6 nitrogen and oxygen atoms in total. The second-order valence-electron chi connectivity index (χ2n) is 4.93. The second-order valence-corrected chi connectivity index (χ2v) is 4.93. The van der Waals surface area contributed by atoms with Gasteiger partial charge in [-0.25, -0.2) is 0 Å². The van der Waals surface area contributed by atoms with Crippen molar-refractivity contribution >= 4 is 11.7 Å². The molecule has 1 amide bonds. The van der Waals surface area contributed by atoms with Crippen LogP contribution in [0, 0.1) is 5.92 Å². The standard InChI is InChI=1S/C15H29NO5/c1-4-14(17)5-7-19-9-11-21-12-10-20-8-6-16-15(18)13(2)3/h13H,4-12H2,1-3H3,(H,16,18). The van der Waals surface area contributed by atoms with Crippen molar-refractivity contribution in [2.75, 3.05) is 46.2 Å². The first-order valence-electron chi connectivity index (χ1n) is 7.60. The van der Waals surface area contributed by atoms with Crippen LogP contribution in [0.25, 0.3) is 0 Å². The number of nitrogens with one attached hydrogen (secondary N) is 1. The number of carbonyl (C=O) groups excluding carboxylic acids is 2. The van der Waals surface area contributed by atoms with E-state index < -0.39 is 0 Å². The highest BCUT2D eigenvalue weighted by Gasteiger charge is 2.04. The number of ether oxygens (including phenoxy) is 3. The smallest absolute Gasteiger partial charge is 0.222 e. The van der Waals surface area contributed by atoms with Gasteiger partial charge in [0.25, 0.3) is 0 Å². The summed E-state index contributed by atoms with van der Waals surface area (Å²) in [5.41, 5.74) is 0. The first-order chi connectivity index (χ1) is 10.1. The average Bonchev–Trinajstić information content (AvgIpc) is 2.47. The average molecular weight is 303 g/mol. The lowest BCUT2D eigenvalue weighted by Crippen LogP contribution is -2.31. The summed E-state index contributed by atoms with van der Waals surface area (Å²) in [7, 11) is 0. The van der Waals surface area contributed by atoms with Crippen LogP contribution in [0.15, 0.2) is 0 Å². The monoisotopic (exact) mass is 303 g/mol. The van der Waals surface area contributed by atoms with Crippen molar-refractivity contribution in [3.8, 4) is 0 Å². The number of rotatable bonds is 14. The van der Waals surface area contributed by atoms with Gasteiger partial charge in [0, 0.05) is 25.3 Å². The highest BCUT2D eigenvalue weighted by atomic mass is 16.5. The number of hydrogen-bond donors (Lipinski definition) is 1. The Hall–Kier alpha value is -0.980. The molecule has 0 fully saturated rings. The lowest BCUT2D eigenvalue weighted by atomic mass is 10.2. The Morgan fingerprint density at radius 2 is 1.43 bits per heavy atom. The zero-order valence-electron chi connectivity index (χ0n) is 13.5. The van der Waals surface area contributed by atoms with Gasteiger partial charge in [-0.3, -0.25) is 9.59 Å². The van der Waals surface area contributed by atoms with Gasteiger partial charge in [0.05, 0.1) is 39.6 Å². The van der Waals surface area contributed by atoms with E-state index in [1.165, 1.54) is 0 Å². The van der Waals surface area contributed by atoms with Crippen LogP contribution in [0.5, 0.6) is 0 Å². The Kier molecular flexibility index (Phi) is 13.3. The van der Waals surface area contributed by atoms with Crippen LogP contribution >= 0.6 is 0 Å². The Balaban J connectivity index is 3.12. The molecule has 0 unspecified atom stereocenters. The molecule has 0 bridgehead atoms. The lowest BCUT2D eigenvalue weighted by Gasteiger charge is -2.08. The van der Waals surface area contributed by atoms with E-state index in [9.17, 15) is 9.59 Å². The van der Waals surface area contributed by atoms with Gasteiger partial charge in [-0.05, 0) is 0 Å². The maximum absolute atomic E-state index is 11.2. The lowest BCUT2D eigenvalue weighted by molar-refractivity contribution is -0.124. The van der Waals surface area contributed by atoms with E-state index >= 15 is 0 Å². The molecule has 0 aliphatic rings. The van der Waals surface area contributed by atoms with Crippen molar-refractivity contribution in [3.05, 3.63) is 0 Å². The van der Waals surface area contributed by atoms with Crippen LogP contribution < -0.4 is 5.32 Å². The van der Waals surface area contributed by atoms with Gasteiger partial charge in [-0.2, -0.15) is 0 Å². The fourth-order valence-electron chi connectivity index (χ4n) is 1.36. The van der Waals surface area contributed by atoms with Gasteiger partial charge in [0.15, 0.2) is 0 Å². The van der Waals surface area contributed by atoms with E-state index in [0.29, 0.717) is 59.0 Å². The molecule has 0 spiro atoms.